The number of carbonyl (C=O) groups excluding carboxylic acids is 1. The highest BCUT2D eigenvalue weighted by molar-refractivity contribution is 5.95. The summed E-state index contributed by atoms with van der Waals surface area (Å²) in [6.07, 6.45) is 0. The number of carbonyl (C=O) groups is 1. The molecule has 1 heterocycles. The molecule has 132 valence electrons. The van der Waals surface area contributed by atoms with E-state index in [4.69, 9.17) is 9.47 Å². The summed E-state index contributed by atoms with van der Waals surface area (Å²) < 4.78 is 11.2. The zero-order valence-corrected chi connectivity index (χ0v) is 15.0. The smallest absolute Gasteiger partial charge is 0.284 e. The summed E-state index contributed by atoms with van der Waals surface area (Å²) >= 11 is 0. The van der Waals surface area contributed by atoms with E-state index in [9.17, 15) is 4.79 Å². The number of nitrogens with zero attached hydrogens (tertiary/aromatic N) is 1. The molecule has 0 fully saturated rings. The number of anilines is 1. The lowest BCUT2D eigenvalue weighted by atomic mass is 10.1. The van der Waals surface area contributed by atoms with Crippen LogP contribution in [0.1, 0.15) is 12.5 Å². The molecule has 3 rings (SSSR count). The SMILES string of the molecule is C[C@H](C(=O)N(C)c1ccccc1)[NH+](C)Cc1ccc2c(c1)OCCO2. The van der Waals surface area contributed by atoms with Crippen molar-refractivity contribution in [1.29, 1.82) is 0 Å². The highest BCUT2D eigenvalue weighted by Gasteiger charge is 2.26. The third kappa shape index (κ3) is 3.94. The van der Waals surface area contributed by atoms with Gasteiger partial charge in [-0.3, -0.25) is 4.79 Å². The Balaban J connectivity index is 1.66. The van der Waals surface area contributed by atoms with Crippen molar-refractivity contribution in [2.45, 2.75) is 19.5 Å². The van der Waals surface area contributed by atoms with Crippen LogP contribution in [0.15, 0.2) is 48.5 Å². The molecule has 2 atom stereocenters. The number of rotatable bonds is 5. The molecule has 1 aliphatic rings. The number of hydrogen-bond acceptors (Lipinski definition) is 3. The van der Waals surface area contributed by atoms with Crippen molar-refractivity contribution in [3.05, 3.63) is 54.1 Å². The van der Waals surface area contributed by atoms with Crippen LogP contribution in [0.4, 0.5) is 5.69 Å². The Kier molecular flexibility index (Phi) is 5.24. The number of nitrogens with one attached hydrogen (secondary N) is 1. The number of fused-ring (bicyclic) bond motifs is 1. The molecule has 2 aromatic rings. The largest absolute Gasteiger partial charge is 0.486 e. The molecule has 0 aromatic heterocycles. The Labute approximate surface area is 148 Å². The topological polar surface area (TPSA) is 43.2 Å². The average molecular weight is 341 g/mol. The predicted octanol–water partition coefficient (Wildman–Crippen LogP) is 1.52. The van der Waals surface area contributed by atoms with E-state index in [1.807, 2.05) is 69.6 Å². The van der Waals surface area contributed by atoms with Crippen LogP contribution in [-0.4, -0.2) is 39.3 Å². The molecule has 2 aromatic carbocycles. The van der Waals surface area contributed by atoms with Crippen molar-refractivity contribution in [1.82, 2.24) is 0 Å². The molecule has 1 aliphatic heterocycles. The van der Waals surface area contributed by atoms with Crippen molar-refractivity contribution in [2.24, 2.45) is 0 Å². The number of quaternary nitrogens is 1. The van der Waals surface area contributed by atoms with Gasteiger partial charge in [0.2, 0.25) is 0 Å². The van der Waals surface area contributed by atoms with Crippen molar-refractivity contribution in [3.8, 4) is 11.5 Å². The van der Waals surface area contributed by atoms with Gasteiger partial charge in [0.25, 0.3) is 5.91 Å². The first-order valence-electron chi connectivity index (χ1n) is 8.59. The van der Waals surface area contributed by atoms with Gasteiger partial charge in [-0.2, -0.15) is 0 Å². The van der Waals surface area contributed by atoms with Gasteiger partial charge in [-0.25, -0.2) is 0 Å². The second-order valence-corrected chi connectivity index (χ2v) is 6.46. The Morgan fingerprint density at radius 2 is 1.80 bits per heavy atom. The maximum absolute atomic E-state index is 12.8. The fourth-order valence-electron chi connectivity index (χ4n) is 2.95. The minimum Gasteiger partial charge on any atom is -0.486 e. The third-order valence-corrected chi connectivity index (χ3v) is 4.67. The molecule has 0 bridgehead atoms. The lowest BCUT2D eigenvalue weighted by Gasteiger charge is -2.26. The average Bonchev–Trinajstić information content (AvgIpc) is 2.66. The fourth-order valence-corrected chi connectivity index (χ4v) is 2.95. The van der Waals surface area contributed by atoms with Gasteiger partial charge in [0, 0.05) is 18.3 Å². The van der Waals surface area contributed by atoms with Gasteiger partial charge in [-0.05, 0) is 37.3 Å². The number of ether oxygens (including phenoxy) is 2. The number of likely N-dealkylation sites (N-methyl/N-ethyl adjacent to an activating group) is 2. The highest BCUT2D eigenvalue weighted by atomic mass is 16.6. The van der Waals surface area contributed by atoms with Gasteiger partial charge in [0.05, 0.1) is 7.05 Å². The van der Waals surface area contributed by atoms with Gasteiger partial charge >= 0.3 is 0 Å². The fraction of sp³-hybridized carbons (Fsp3) is 0.350. The minimum absolute atomic E-state index is 0.0984. The van der Waals surface area contributed by atoms with Gasteiger partial charge in [0.1, 0.15) is 19.8 Å². The van der Waals surface area contributed by atoms with Crippen molar-refractivity contribution in [2.75, 3.05) is 32.2 Å². The molecule has 1 N–H and O–H groups in total. The summed E-state index contributed by atoms with van der Waals surface area (Å²) in [5, 5.41) is 0. The molecule has 1 amide bonds. The van der Waals surface area contributed by atoms with Crippen LogP contribution in [0.25, 0.3) is 0 Å². The van der Waals surface area contributed by atoms with E-state index in [0.717, 1.165) is 34.2 Å². The molecular formula is C20H25N2O3+. The first kappa shape index (κ1) is 17.3. The monoisotopic (exact) mass is 341 g/mol. The molecule has 5 heteroatoms. The van der Waals surface area contributed by atoms with E-state index in [1.54, 1.807) is 4.90 Å². The molecular weight excluding hydrogens is 316 g/mol. The Hall–Kier alpha value is -2.53. The highest BCUT2D eigenvalue weighted by Crippen LogP contribution is 2.30. The minimum atomic E-state index is -0.154. The molecule has 0 spiro atoms. The number of hydrogen-bond donors (Lipinski definition) is 1. The summed E-state index contributed by atoms with van der Waals surface area (Å²) in [6, 6.07) is 15.6. The van der Waals surface area contributed by atoms with Crippen LogP contribution in [0, 0.1) is 0 Å². The van der Waals surface area contributed by atoms with Crippen LogP contribution in [0.5, 0.6) is 11.5 Å². The second kappa shape index (κ2) is 7.57. The van der Waals surface area contributed by atoms with Gasteiger partial charge < -0.3 is 19.3 Å². The third-order valence-electron chi connectivity index (χ3n) is 4.67. The summed E-state index contributed by atoms with van der Waals surface area (Å²) in [5.74, 6) is 1.68. The molecule has 0 aliphatic carbocycles. The van der Waals surface area contributed by atoms with Crippen molar-refractivity contribution >= 4 is 11.6 Å². The van der Waals surface area contributed by atoms with Crippen LogP contribution >= 0.6 is 0 Å². The van der Waals surface area contributed by atoms with E-state index in [-0.39, 0.29) is 11.9 Å². The summed E-state index contributed by atoms with van der Waals surface area (Å²) in [4.78, 5) is 15.6. The van der Waals surface area contributed by atoms with E-state index in [2.05, 4.69) is 0 Å². The summed E-state index contributed by atoms with van der Waals surface area (Å²) in [6.45, 7) is 3.88. The van der Waals surface area contributed by atoms with Gasteiger partial charge in [-0.1, -0.05) is 18.2 Å². The van der Waals surface area contributed by atoms with E-state index in [1.165, 1.54) is 0 Å². The maximum Gasteiger partial charge on any atom is 0.284 e. The van der Waals surface area contributed by atoms with Crippen LogP contribution in [0.2, 0.25) is 0 Å². The number of para-hydroxylation sites is 1. The lowest BCUT2D eigenvalue weighted by molar-refractivity contribution is -0.908. The standard InChI is InChI=1S/C20H24N2O3/c1-15(20(23)22(3)17-7-5-4-6-8-17)21(2)14-16-9-10-18-19(13-16)25-12-11-24-18/h4-10,13,15H,11-12,14H2,1-3H3/p+1/t15-/m1/s1. The van der Waals surface area contributed by atoms with Gasteiger partial charge in [-0.15, -0.1) is 0 Å². The molecule has 0 radical (unpaired) electrons. The summed E-state index contributed by atoms with van der Waals surface area (Å²) in [5.41, 5.74) is 2.04. The number of benzene rings is 2. The Bertz CT molecular complexity index is 733. The molecule has 25 heavy (non-hydrogen) atoms. The van der Waals surface area contributed by atoms with Gasteiger partial charge in [0.15, 0.2) is 17.5 Å². The van der Waals surface area contributed by atoms with E-state index < -0.39 is 0 Å². The van der Waals surface area contributed by atoms with Crippen molar-refractivity contribution in [3.63, 3.8) is 0 Å². The zero-order chi connectivity index (χ0) is 17.8. The van der Waals surface area contributed by atoms with E-state index in [0.29, 0.717) is 13.2 Å². The predicted molar refractivity (Wildman–Crippen MR) is 97.3 cm³/mol. The number of amides is 1. The first-order chi connectivity index (χ1) is 12.1. The zero-order valence-electron chi connectivity index (χ0n) is 15.0. The van der Waals surface area contributed by atoms with Crippen LogP contribution in [-0.2, 0) is 11.3 Å². The maximum atomic E-state index is 12.8. The van der Waals surface area contributed by atoms with Crippen LogP contribution in [0.3, 0.4) is 0 Å². The summed E-state index contributed by atoms with van der Waals surface area (Å²) in [7, 11) is 3.86. The van der Waals surface area contributed by atoms with Crippen molar-refractivity contribution < 1.29 is 19.2 Å². The Morgan fingerprint density at radius 1 is 1.12 bits per heavy atom. The second-order valence-electron chi connectivity index (χ2n) is 6.46. The normalized spacial score (nSPS) is 15.3. The molecule has 0 saturated heterocycles. The molecule has 5 nitrogen and oxygen atoms in total. The van der Waals surface area contributed by atoms with E-state index >= 15 is 0 Å². The quantitative estimate of drug-likeness (QED) is 0.897. The molecule has 0 saturated carbocycles. The molecule has 1 unspecified atom stereocenters. The Morgan fingerprint density at radius 3 is 2.52 bits per heavy atom. The van der Waals surface area contributed by atoms with Crippen LogP contribution < -0.4 is 19.3 Å². The lowest BCUT2D eigenvalue weighted by Crippen LogP contribution is -3.12. The first-order valence-corrected chi connectivity index (χ1v) is 8.59.